The lowest BCUT2D eigenvalue weighted by Gasteiger charge is -2.08. The summed E-state index contributed by atoms with van der Waals surface area (Å²) in [4.78, 5) is 21.4. The predicted molar refractivity (Wildman–Crippen MR) is 52.6 cm³/mol. The highest BCUT2D eigenvalue weighted by Crippen LogP contribution is 2.29. The number of ether oxygens (including phenoxy) is 2. The number of methoxy groups -OCH3 is 1. The van der Waals surface area contributed by atoms with Crippen LogP contribution in [-0.2, 0) is 9.53 Å². The van der Waals surface area contributed by atoms with E-state index in [1.807, 2.05) is 0 Å². The van der Waals surface area contributed by atoms with Gasteiger partial charge in [0.15, 0.2) is 18.1 Å². The average Bonchev–Trinajstić information content (AvgIpc) is 2.26. The monoisotopic (exact) mass is 226 g/mol. The van der Waals surface area contributed by atoms with Crippen LogP contribution in [0.15, 0.2) is 18.2 Å². The number of carboxylic acids is 1. The first kappa shape index (κ1) is 11.8. The topological polar surface area (TPSA) is 93.1 Å². The van der Waals surface area contributed by atoms with Crippen molar-refractivity contribution in [2.24, 2.45) is 0 Å². The zero-order valence-electron chi connectivity index (χ0n) is 8.47. The van der Waals surface area contributed by atoms with Crippen LogP contribution in [0.2, 0.25) is 0 Å². The Labute approximate surface area is 91.0 Å². The molecule has 86 valence electrons. The molecular weight excluding hydrogens is 216 g/mol. The van der Waals surface area contributed by atoms with Gasteiger partial charge in [0.2, 0.25) is 0 Å². The maximum Gasteiger partial charge on any atom is 0.341 e. The van der Waals surface area contributed by atoms with Crippen LogP contribution in [0.4, 0.5) is 0 Å². The number of para-hydroxylation sites is 1. The van der Waals surface area contributed by atoms with E-state index in [-0.39, 0.29) is 11.3 Å². The van der Waals surface area contributed by atoms with E-state index in [0.29, 0.717) is 0 Å². The molecule has 2 N–H and O–H groups in total. The normalized spacial score (nSPS) is 9.56. The zero-order chi connectivity index (χ0) is 12.1. The number of carboxylic acid groups (broad SMARTS) is 1. The van der Waals surface area contributed by atoms with Crippen molar-refractivity contribution >= 4 is 11.9 Å². The number of carbonyl (C=O) groups is 2. The molecule has 0 aliphatic carbocycles. The Bertz CT molecular complexity index is 412. The van der Waals surface area contributed by atoms with Crippen molar-refractivity contribution in [1.82, 2.24) is 0 Å². The highest BCUT2D eigenvalue weighted by molar-refractivity contribution is 5.93. The number of hydrogen-bond acceptors (Lipinski definition) is 5. The molecule has 1 aromatic carbocycles. The number of aromatic hydroxyl groups is 1. The van der Waals surface area contributed by atoms with Crippen LogP contribution in [-0.4, -0.2) is 35.9 Å². The zero-order valence-corrected chi connectivity index (χ0v) is 8.47. The molecule has 1 aromatic rings. The highest BCUT2D eigenvalue weighted by Gasteiger charge is 2.15. The molecule has 0 heterocycles. The third-order valence-electron chi connectivity index (χ3n) is 1.76. The van der Waals surface area contributed by atoms with E-state index < -0.39 is 24.3 Å². The lowest BCUT2D eigenvalue weighted by Crippen LogP contribution is -2.10. The van der Waals surface area contributed by atoms with Crippen LogP contribution in [0.25, 0.3) is 0 Å². The van der Waals surface area contributed by atoms with Gasteiger partial charge in [-0.15, -0.1) is 0 Å². The standard InChI is InChI=1S/C10H10O6/c1-15-10(14)6-3-2-4-7(9(6)13)16-5-8(11)12/h2-4,13H,5H2,1H3,(H,11,12). The number of rotatable bonds is 4. The second-order valence-electron chi connectivity index (χ2n) is 2.83. The van der Waals surface area contributed by atoms with Crippen molar-refractivity contribution < 1.29 is 29.3 Å². The van der Waals surface area contributed by atoms with Gasteiger partial charge < -0.3 is 19.7 Å². The van der Waals surface area contributed by atoms with Crippen molar-refractivity contribution in [3.63, 3.8) is 0 Å². The minimum Gasteiger partial charge on any atom is -0.504 e. The third kappa shape index (κ3) is 2.63. The van der Waals surface area contributed by atoms with Gasteiger partial charge in [-0.05, 0) is 12.1 Å². The minimum atomic E-state index is -1.18. The van der Waals surface area contributed by atoms with Gasteiger partial charge >= 0.3 is 11.9 Å². The van der Waals surface area contributed by atoms with Gasteiger partial charge in [-0.25, -0.2) is 9.59 Å². The molecule has 0 unspecified atom stereocenters. The second-order valence-corrected chi connectivity index (χ2v) is 2.83. The van der Waals surface area contributed by atoms with Gasteiger partial charge in [0.1, 0.15) is 5.56 Å². The molecule has 0 aromatic heterocycles. The van der Waals surface area contributed by atoms with Gasteiger partial charge in [-0.3, -0.25) is 0 Å². The van der Waals surface area contributed by atoms with E-state index in [9.17, 15) is 14.7 Å². The van der Waals surface area contributed by atoms with E-state index in [2.05, 4.69) is 4.74 Å². The summed E-state index contributed by atoms with van der Waals surface area (Å²) < 4.78 is 9.20. The van der Waals surface area contributed by atoms with E-state index in [1.165, 1.54) is 25.3 Å². The number of carbonyl (C=O) groups excluding carboxylic acids is 1. The van der Waals surface area contributed by atoms with Crippen molar-refractivity contribution in [3.8, 4) is 11.5 Å². The summed E-state index contributed by atoms with van der Waals surface area (Å²) in [6.45, 7) is -0.599. The molecule has 6 heteroatoms. The van der Waals surface area contributed by atoms with E-state index in [4.69, 9.17) is 9.84 Å². The smallest absolute Gasteiger partial charge is 0.341 e. The van der Waals surface area contributed by atoms with Crippen LogP contribution >= 0.6 is 0 Å². The number of phenolic OH excluding ortho intramolecular Hbond substituents is 1. The maximum atomic E-state index is 11.2. The fourth-order valence-electron chi connectivity index (χ4n) is 1.05. The maximum absolute atomic E-state index is 11.2. The van der Waals surface area contributed by atoms with Crippen molar-refractivity contribution in [2.75, 3.05) is 13.7 Å². The number of aliphatic carboxylic acids is 1. The van der Waals surface area contributed by atoms with Gasteiger partial charge in [0.05, 0.1) is 7.11 Å². The summed E-state index contributed by atoms with van der Waals surface area (Å²) in [5.74, 6) is -2.41. The summed E-state index contributed by atoms with van der Waals surface area (Å²) in [5.41, 5.74) is -0.0783. The number of phenols is 1. The number of benzene rings is 1. The molecular formula is C10H10O6. The lowest BCUT2D eigenvalue weighted by atomic mass is 10.2. The lowest BCUT2D eigenvalue weighted by molar-refractivity contribution is -0.139. The molecule has 16 heavy (non-hydrogen) atoms. The molecule has 0 saturated heterocycles. The van der Waals surface area contributed by atoms with Crippen LogP contribution in [0.1, 0.15) is 10.4 Å². The van der Waals surface area contributed by atoms with Crippen molar-refractivity contribution in [1.29, 1.82) is 0 Å². The minimum absolute atomic E-state index is 0.0783. The second kappa shape index (κ2) is 5.01. The molecule has 0 radical (unpaired) electrons. The van der Waals surface area contributed by atoms with E-state index in [0.717, 1.165) is 0 Å². The van der Waals surface area contributed by atoms with Crippen LogP contribution in [0.5, 0.6) is 11.5 Å². The summed E-state index contributed by atoms with van der Waals surface area (Å²) in [5, 5.41) is 18.0. The molecule has 0 atom stereocenters. The molecule has 0 spiro atoms. The fourth-order valence-corrected chi connectivity index (χ4v) is 1.05. The molecule has 1 rings (SSSR count). The van der Waals surface area contributed by atoms with Crippen molar-refractivity contribution in [3.05, 3.63) is 23.8 Å². The fraction of sp³-hybridized carbons (Fsp3) is 0.200. The molecule has 0 amide bonds. The first-order valence-corrected chi connectivity index (χ1v) is 4.31. The Hall–Kier alpha value is -2.24. The first-order chi connectivity index (χ1) is 7.56. The van der Waals surface area contributed by atoms with Crippen molar-refractivity contribution in [2.45, 2.75) is 0 Å². The molecule has 0 saturated carbocycles. The number of esters is 1. The van der Waals surface area contributed by atoms with Gasteiger partial charge in [-0.2, -0.15) is 0 Å². The van der Waals surface area contributed by atoms with E-state index in [1.54, 1.807) is 0 Å². The van der Waals surface area contributed by atoms with Crippen LogP contribution in [0, 0.1) is 0 Å². The Balaban J connectivity index is 2.94. The summed E-state index contributed by atoms with van der Waals surface area (Å²) in [6.07, 6.45) is 0. The quantitative estimate of drug-likeness (QED) is 0.732. The Morgan fingerprint density at radius 2 is 2.06 bits per heavy atom. The molecule has 0 fully saturated rings. The summed E-state index contributed by atoms with van der Waals surface area (Å²) in [6, 6.07) is 4.14. The first-order valence-electron chi connectivity index (χ1n) is 4.31. The van der Waals surface area contributed by atoms with Crippen LogP contribution in [0.3, 0.4) is 0 Å². The largest absolute Gasteiger partial charge is 0.504 e. The Morgan fingerprint density at radius 1 is 1.38 bits per heavy atom. The predicted octanol–water partition coefficient (Wildman–Crippen LogP) is 0.642. The van der Waals surface area contributed by atoms with Gasteiger partial charge in [-0.1, -0.05) is 6.07 Å². The van der Waals surface area contributed by atoms with Gasteiger partial charge in [0, 0.05) is 0 Å². The average molecular weight is 226 g/mol. The highest BCUT2D eigenvalue weighted by atomic mass is 16.5. The number of hydrogen-bond donors (Lipinski definition) is 2. The molecule has 0 bridgehead atoms. The molecule has 6 nitrogen and oxygen atoms in total. The SMILES string of the molecule is COC(=O)c1cccc(OCC(=O)O)c1O. The summed E-state index contributed by atoms with van der Waals surface area (Å²) >= 11 is 0. The Kier molecular flexibility index (Phi) is 3.71. The third-order valence-corrected chi connectivity index (χ3v) is 1.76. The van der Waals surface area contributed by atoms with E-state index >= 15 is 0 Å². The molecule has 0 aliphatic rings. The Morgan fingerprint density at radius 3 is 2.62 bits per heavy atom. The van der Waals surface area contributed by atoms with Gasteiger partial charge in [0.25, 0.3) is 0 Å². The summed E-state index contributed by atoms with van der Waals surface area (Å²) in [7, 11) is 1.17. The van der Waals surface area contributed by atoms with Crippen LogP contribution < -0.4 is 4.74 Å². The molecule has 0 aliphatic heterocycles.